The zero-order valence-corrected chi connectivity index (χ0v) is 11.3. The molecule has 0 aromatic heterocycles. The summed E-state index contributed by atoms with van der Waals surface area (Å²) in [6.45, 7) is 2.91. The predicted octanol–water partition coefficient (Wildman–Crippen LogP) is 3.81. The fourth-order valence-electron chi connectivity index (χ4n) is 2.50. The second kappa shape index (κ2) is 5.57. The molecule has 2 rings (SSSR count). The number of benzene rings is 1. The van der Waals surface area contributed by atoms with Crippen LogP contribution < -0.4 is 5.73 Å². The van der Waals surface area contributed by atoms with Gasteiger partial charge in [0.15, 0.2) is 0 Å². The van der Waals surface area contributed by atoms with Crippen LogP contribution in [0.4, 0.5) is 0 Å². The Morgan fingerprint density at radius 2 is 2.24 bits per heavy atom. The lowest BCUT2D eigenvalue weighted by Gasteiger charge is -2.25. The van der Waals surface area contributed by atoms with Gasteiger partial charge in [0.2, 0.25) is 0 Å². The molecule has 17 heavy (non-hydrogen) atoms. The molecular weight excluding hydrogens is 257 g/mol. The highest BCUT2D eigenvalue weighted by atomic mass is 35.5. The Morgan fingerprint density at radius 3 is 2.94 bits per heavy atom. The summed E-state index contributed by atoms with van der Waals surface area (Å²) >= 11 is 12.2. The molecular formula is C13H17Cl2NO. The maximum atomic E-state index is 6.31. The summed E-state index contributed by atoms with van der Waals surface area (Å²) in [4.78, 5) is 0. The van der Waals surface area contributed by atoms with Crippen LogP contribution in [0.15, 0.2) is 18.2 Å². The van der Waals surface area contributed by atoms with Crippen molar-refractivity contribution in [3.63, 3.8) is 0 Å². The van der Waals surface area contributed by atoms with E-state index in [1.54, 1.807) is 6.07 Å². The van der Waals surface area contributed by atoms with Crippen molar-refractivity contribution in [2.24, 2.45) is 11.7 Å². The smallest absolute Gasteiger partial charge is 0.0640 e. The minimum atomic E-state index is -0.103. The van der Waals surface area contributed by atoms with Crippen molar-refractivity contribution in [3.05, 3.63) is 33.8 Å². The van der Waals surface area contributed by atoms with Crippen molar-refractivity contribution in [2.75, 3.05) is 6.61 Å². The summed E-state index contributed by atoms with van der Waals surface area (Å²) in [6, 6.07) is 5.51. The SMILES string of the molecule is CCC1OCCC1C(N)c1cccc(Cl)c1Cl. The standard InChI is InChI=1S/C13H17Cl2NO/c1-2-11-8(6-7-17-11)13(16)9-4-3-5-10(14)12(9)15/h3-5,8,11,13H,2,6-7,16H2,1H3. The molecule has 1 fully saturated rings. The van der Waals surface area contributed by atoms with Gasteiger partial charge < -0.3 is 10.5 Å². The van der Waals surface area contributed by atoms with E-state index in [2.05, 4.69) is 6.92 Å². The minimum absolute atomic E-state index is 0.103. The first-order valence-electron chi connectivity index (χ1n) is 5.96. The lowest BCUT2D eigenvalue weighted by Crippen LogP contribution is -2.28. The molecule has 1 heterocycles. The van der Waals surface area contributed by atoms with E-state index in [1.165, 1.54) is 0 Å². The second-order valence-corrected chi connectivity index (χ2v) is 5.22. The first kappa shape index (κ1) is 13.2. The van der Waals surface area contributed by atoms with E-state index in [4.69, 9.17) is 33.7 Å². The molecule has 0 amide bonds. The zero-order chi connectivity index (χ0) is 12.4. The van der Waals surface area contributed by atoms with Crippen LogP contribution in [0.25, 0.3) is 0 Å². The number of hydrogen-bond donors (Lipinski definition) is 1. The van der Waals surface area contributed by atoms with Crippen molar-refractivity contribution in [2.45, 2.75) is 31.9 Å². The van der Waals surface area contributed by atoms with E-state index < -0.39 is 0 Å². The molecule has 3 atom stereocenters. The van der Waals surface area contributed by atoms with E-state index in [0.29, 0.717) is 16.0 Å². The third-order valence-corrected chi connectivity index (χ3v) is 4.30. The van der Waals surface area contributed by atoms with Crippen LogP contribution in [0.3, 0.4) is 0 Å². The van der Waals surface area contributed by atoms with Crippen LogP contribution in [0.2, 0.25) is 10.0 Å². The molecule has 0 bridgehead atoms. The van der Waals surface area contributed by atoms with Crippen molar-refractivity contribution in [3.8, 4) is 0 Å². The van der Waals surface area contributed by atoms with E-state index in [9.17, 15) is 0 Å². The number of hydrogen-bond acceptors (Lipinski definition) is 2. The van der Waals surface area contributed by atoms with Gasteiger partial charge >= 0.3 is 0 Å². The highest BCUT2D eigenvalue weighted by Crippen LogP contribution is 2.37. The number of halogens is 2. The van der Waals surface area contributed by atoms with Gasteiger partial charge in [-0.05, 0) is 24.5 Å². The molecule has 0 radical (unpaired) electrons. The molecule has 2 N–H and O–H groups in total. The highest BCUT2D eigenvalue weighted by molar-refractivity contribution is 6.42. The Morgan fingerprint density at radius 1 is 1.47 bits per heavy atom. The summed E-state index contributed by atoms with van der Waals surface area (Å²) in [5, 5.41) is 1.13. The summed E-state index contributed by atoms with van der Waals surface area (Å²) in [5.41, 5.74) is 7.24. The Kier molecular flexibility index (Phi) is 4.31. The van der Waals surface area contributed by atoms with Crippen molar-refractivity contribution in [1.82, 2.24) is 0 Å². The maximum absolute atomic E-state index is 6.31. The topological polar surface area (TPSA) is 35.2 Å². The Bertz CT molecular complexity index is 397. The normalized spacial score (nSPS) is 26.1. The maximum Gasteiger partial charge on any atom is 0.0640 e. The molecule has 1 aromatic carbocycles. The summed E-state index contributed by atoms with van der Waals surface area (Å²) < 4.78 is 5.67. The highest BCUT2D eigenvalue weighted by Gasteiger charge is 2.33. The van der Waals surface area contributed by atoms with Gasteiger partial charge in [-0.2, -0.15) is 0 Å². The molecule has 0 saturated carbocycles. The van der Waals surface area contributed by atoms with Crippen LogP contribution in [0.1, 0.15) is 31.4 Å². The van der Waals surface area contributed by atoms with Gasteiger partial charge in [0.05, 0.1) is 16.1 Å². The van der Waals surface area contributed by atoms with Crippen LogP contribution in [0, 0.1) is 5.92 Å². The monoisotopic (exact) mass is 273 g/mol. The number of nitrogens with two attached hydrogens (primary N) is 1. The van der Waals surface area contributed by atoms with Crippen molar-refractivity contribution >= 4 is 23.2 Å². The molecule has 94 valence electrons. The average molecular weight is 274 g/mol. The Balaban J connectivity index is 2.24. The van der Waals surface area contributed by atoms with E-state index in [0.717, 1.165) is 25.0 Å². The number of rotatable bonds is 3. The third kappa shape index (κ3) is 2.60. The van der Waals surface area contributed by atoms with Gasteiger partial charge in [-0.25, -0.2) is 0 Å². The van der Waals surface area contributed by atoms with Crippen LogP contribution in [0.5, 0.6) is 0 Å². The summed E-state index contributed by atoms with van der Waals surface area (Å²) in [6.07, 6.45) is 2.21. The van der Waals surface area contributed by atoms with Crippen molar-refractivity contribution in [1.29, 1.82) is 0 Å². The number of ether oxygens (including phenoxy) is 1. The molecule has 0 aliphatic carbocycles. The zero-order valence-electron chi connectivity index (χ0n) is 9.83. The van der Waals surface area contributed by atoms with Gasteiger partial charge in [0, 0.05) is 18.6 Å². The molecule has 0 spiro atoms. The Hall–Kier alpha value is -0.280. The lowest BCUT2D eigenvalue weighted by atomic mass is 9.87. The summed E-state index contributed by atoms with van der Waals surface area (Å²) in [7, 11) is 0. The quantitative estimate of drug-likeness (QED) is 0.909. The third-order valence-electron chi connectivity index (χ3n) is 3.46. The molecule has 1 saturated heterocycles. The van der Waals surface area contributed by atoms with Gasteiger partial charge in [-0.1, -0.05) is 42.3 Å². The van der Waals surface area contributed by atoms with Crippen LogP contribution in [-0.4, -0.2) is 12.7 Å². The average Bonchev–Trinajstić information content (AvgIpc) is 2.80. The van der Waals surface area contributed by atoms with E-state index in [-0.39, 0.29) is 12.1 Å². The van der Waals surface area contributed by atoms with E-state index in [1.807, 2.05) is 12.1 Å². The first-order valence-corrected chi connectivity index (χ1v) is 6.71. The van der Waals surface area contributed by atoms with Gasteiger partial charge in [-0.3, -0.25) is 0 Å². The van der Waals surface area contributed by atoms with Gasteiger partial charge in [0.1, 0.15) is 0 Å². The largest absolute Gasteiger partial charge is 0.378 e. The van der Waals surface area contributed by atoms with Crippen LogP contribution in [-0.2, 0) is 4.74 Å². The van der Waals surface area contributed by atoms with Crippen LogP contribution >= 0.6 is 23.2 Å². The molecule has 1 aromatic rings. The summed E-state index contributed by atoms with van der Waals surface area (Å²) in [5.74, 6) is 0.330. The minimum Gasteiger partial charge on any atom is -0.378 e. The lowest BCUT2D eigenvalue weighted by molar-refractivity contribution is 0.0813. The van der Waals surface area contributed by atoms with Crippen molar-refractivity contribution < 1.29 is 4.74 Å². The second-order valence-electron chi connectivity index (χ2n) is 4.44. The molecule has 2 nitrogen and oxygen atoms in total. The van der Waals surface area contributed by atoms with Gasteiger partial charge in [0.25, 0.3) is 0 Å². The predicted molar refractivity (Wildman–Crippen MR) is 71.5 cm³/mol. The molecule has 3 unspecified atom stereocenters. The molecule has 1 aliphatic rings. The Labute approximate surface area is 112 Å². The fraction of sp³-hybridized carbons (Fsp3) is 0.538. The molecule has 1 aliphatic heterocycles. The molecule has 4 heteroatoms. The fourth-order valence-corrected chi connectivity index (χ4v) is 2.94. The van der Waals surface area contributed by atoms with Gasteiger partial charge in [-0.15, -0.1) is 0 Å². The first-order chi connectivity index (χ1) is 8.15. The van der Waals surface area contributed by atoms with E-state index >= 15 is 0 Å².